The Balaban J connectivity index is 1.99. The standard InChI is InChI=1S/C11H14N2O4/c14-10(15)8-1-3-12-9(5-8)13-6-11(16)2-4-17-7-11/h1,3,5,16H,2,4,6-7H2,(H,12,13)(H,14,15). The molecule has 0 spiro atoms. The van der Waals surface area contributed by atoms with Gasteiger partial charge in [-0.15, -0.1) is 0 Å². The van der Waals surface area contributed by atoms with Gasteiger partial charge < -0.3 is 20.3 Å². The lowest BCUT2D eigenvalue weighted by molar-refractivity contribution is 0.0381. The Labute approximate surface area is 98.2 Å². The van der Waals surface area contributed by atoms with Crippen LogP contribution in [0, 0.1) is 0 Å². The van der Waals surface area contributed by atoms with Crippen molar-refractivity contribution in [3.05, 3.63) is 23.9 Å². The minimum atomic E-state index is -1.00. The highest BCUT2D eigenvalue weighted by Gasteiger charge is 2.31. The summed E-state index contributed by atoms with van der Waals surface area (Å²) in [6.07, 6.45) is 1.99. The number of anilines is 1. The van der Waals surface area contributed by atoms with E-state index in [1.807, 2.05) is 0 Å². The number of hydrogen-bond donors (Lipinski definition) is 3. The Hall–Kier alpha value is -1.66. The number of carboxylic acids is 1. The molecule has 1 aliphatic rings. The van der Waals surface area contributed by atoms with Crippen LogP contribution in [0.4, 0.5) is 5.82 Å². The highest BCUT2D eigenvalue weighted by molar-refractivity contribution is 5.88. The monoisotopic (exact) mass is 238 g/mol. The van der Waals surface area contributed by atoms with Gasteiger partial charge >= 0.3 is 5.97 Å². The van der Waals surface area contributed by atoms with Crippen molar-refractivity contribution in [3.8, 4) is 0 Å². The Morgan fingerprint density at radius 1 is 1.65 bits per heavy atom. The summed E-state index contributed by atoms with van der Waals surface area (Å²) in [5.41, 5.74) is -0.724. The second kappa shape index (κ2) is 4.68. The van der Waals surface area contributed by atoms with Gasteiger partial charge in [-0.2, -0.15) is 0 Å². The van der Waals surface area contributed by atoms with Crippen molar-refractivity contribution in [1.29, 1.82) is 0 Å². The maximum atomic E-state index is 10.8. The van der Waals surface area contributed by atoms with Crippen molar-refractivity contribution >= 4 is 11.8 Å². The van der Waals surface area contributed by atoms with Crippen LogP contribution in [-0.2, 0) is 4.74 Å². The molecule has 1 aromatic rings. The van der Waals surface area contributed by atoms with Crippen molar-refractivity contribution in [1.82, 2.24) is 4.98 Å². The SMILES string of the molecule is O=C(O)c1ccnc(NCC2(O)CCOC2)c1. The molecule has 1 atom stereocenters. The molecule has 0 bridgehead atoms. The molecule has 1 aromatic heterocycles. The van der Waals surface area contributed by atoms with Gasteiger partial charge in [0.1, 0.15) is 11.4 Å². The number of nitrogens with one attached hydrogen (secondary N) is 1. The molecule has 1 saturated heterocycles. The highest BCUT2D eigenvalue weighted by atomic mass is 16.5. The number of hydrogen-bond acceptors (Lipinski definition) is 5. The van der Waals surface area contributed by atoms with Crippen molar-refractivity contribution in [3.63, 3.8) is 0 Å². The predicted octanol–water partition coefficient (Wildman–Crippen LogP) is 0.343. The fourth-order valence-electron chi connectivity index (χ4n) is 1.65. The first kappa shape index (κ1) is 11.8. The normalized spacial score (nSPS) is 23.6. The number of pyridine rings is 1. The first-order valence-electron chi connectivity index (χ1n) is 5.32. The number of carboxylic acid groups (broad SMARTS) is 1. The lowest BCUT2D eigenvalue weighted by Gasteiger charge is -2.20. The van der Waals surface area contributed by atoms with E-state index in [1.54, 1.807) is 0 Å². The van der Waals surface area contributed by atoms with Gasteiger partial charge in [0, 0.05) is 25.8 Å². The number of ether oxygens (including phenoxy) is 1. The molecular weight excluding hydrogens is 224 g/mol. The summed E-state index contributed by atoms with van der Waals surface area (Å²) in [4.78, 5) is 14.7. The Morgan fingerprint density at radius 3 is 3.12 bits per heavy atom. The number of nitrogens with zero attached hydrogens (tertiary/aromatic N) is 1. The van der Waals surface area contributed by atoms with Crippen LogP contribution >= 0.6 is 0 Å². The molecule has 1 unspecified atom stereocenters. The Bertz CT molecular complexity index is 416. The van der Waals surface area contributed by atoms with Crippen LogP contribution in [0.1, 0.15) is 16.8 Å². The lowest BCUT2D eigenvalue weighted by atomic mass is 10.0. The second-order valence-electron chi connectivity index (χ2n) is 4.12. The summed E-state index contributed by atoms with van der Waals surface area (Å²) in [6, 6.07) is 2.85. The quantitative estimate of drug-likeness (QED) is 0.700. The molecule has 6 heteroatoms. The summed E-state index contributed by atoms with van der Waals surface area (Å²) >= 11 is 0. The van der Waals surface area contributed by atoms with Crippen LogP contribution in [0.2, 0.25) is 0 Å². The maximum Gasteiger partial charge on any atom is 0.335 e. The molecule has 2 rings (SSSR count). The zero-order chi connectivity index (χ0) is 12.3. The molecule has 0 aliphatic carbocycles. The van der Waals surface area contributed by atoms with Crippen LogP contribution in [0.25, 0.3) is 0 Å². The molecule has 0 radical (unpaired) electrons. The van der Waals surface area contributed by atoms with Gasteiger partial charge in [-0.1, -0.05) is 0 Å². The number of rotatable bonds is 4. The maximum absolute atomic E-state index is 10.8. The van der Waals surface area contributed by atoms with Crippen molar-refractivity contribution in [2.24, 2.45) is 0 Å². The second-order valence-corrected chi connectivity index (χ2v) is 4.12. The summed E-state index contributed by atoms with van der Waals surface area (Å²) in [6.45, 7) is 1.13. The minimum absolute atomic E-state index is 0.164. The number of aromatic carboxylic acids is 1. The van der Waals surface area contributed by atoms with Crippen molar-refractivity contribution in [2.75, 3.05) is 25.1 Å². The van der Waals surface area contributed by atoms with E-state index < -0.39 is 11.6 Å². The first-order valence-corrected chi connectivity index (χ1v) is 5.32. The molecule has 6 nitrogen and oxygen atoms in total. The van der Waals surface area contributed by atoms with Crippen LogP contribution < -0.4 is 5.32 Å². The summed E-state index contributed by atoms with van der Waals surface area (Å²) in [7, 11) is 0. The van der Waals surface area contributed by atoms with E-state index in [0.29, 0.717) is 32.0 Å². The van der Waals surface area contributed by atoms with E-state index >= 15 is 0 Å². The summed E-state index contributed by atoms with van der Waals surface area (Å²) in [5, 5.41) is 21.7. The largest absolute Gasteiger partial charge is 0.478 e. The van der Waals surface area contributed by atoms with Gasteiger partial charge in [0.15, 0.2) is 0 Å². The van der Waals surface area contributed by atoms with Crippen molar-refractivity contribution < 1.29 is 19.7 Å². The molecule has 0 amide bonds. The van der Waals surface area contributed by atoms with E-state index in [9.17, 15) is 9.90 Å². The topological polar surface area (TPSA) is 91.7 Å². The zero-order valence-electron chi connectivity index (χ0n) is 9.22. The van der Waals surface area contributed by atoms with Gasteiger partial charge in [-0.25, -0.2) is 9.78 Å². The third-order valence-corrected chi connectivity index (χ3v) is 2.69. The molecule has 17 heavy (non-hydrogen) atoms. The smallest absolute Gasteiger partial charge is 0.335 e. The fraction of sp³-hybridized carbons (Fsp3) is 0.455. The number of carbonyl (C=O) groups is 1. The number of aliphatic hydroxyl groups is 1. The van der Waals surface area contributed by atoms with Gasteiger partial charge in [0.25, 0.3) is 0 Å². The molecule has 1 fully saturated rings. The van der Waals surface area contributed by atoms with Gasteiger partial charge in [-0.05, 0) is 12.1 Å². The predicted molar refractivity (Wildman–Crippen MR) is 60.1 cm³/mol. The average Bonchev–Trinajstić information content (AvgIpc) is 2.75. The Morgan fingerprint density at radius 2 is 2.47 bits per heavy atom. The number of aromatic nitrogens is 1. The molecule has 0 saturated carbocycles. The first-order chi connectivity index (χ1) is 8.09. The van der Waals surface area contributed by atoms with E-state index in [-0.39, 0.29) is 5.56 Å². The van der Waals surface area contributed by atoms with E-state index in [2.05, 4.69) is 10.3 Å². The average molecular weight is 238 g/mol. The van der Waals surface area contributed by atoms with Gasteiger partial charge in [0.2, 0.25) is 0 Å². The zero-order valence-corrected chi connectivity index (χ0v) is 9.22. The van der Waals surface area contributed by atoms with Crippen molar-refractivity contribution in [2.45, 2.75) is 12.0 Å². The third kappa shape index (κ3) is 2.92. The molecule has 92 valence electrons. The van der Waals surface area contributed by atoms with Crippen LogP contribution in [0.15, 0.2) is 18.3 Å². The van der Waals surface area contributed by atoms with Gasteiger partial charge in [0.05, 0.1) is 12.2 Å². The van der Waals surface area contributed by atoms with E-state index in [0.717, 1.165) is 0 Å². The van der Waals surface area contributed by atoms with E-state index in [4.69, 9.17) is 9.84 Å². The van der Waals surface area contributed by atoms with Crippen LogP contribution in [0.3, 0.4) is 0 Å². The van der Waals surface area contributed by atoms with E-state index in [1.165, 1.54) is 18.3 Å². The fourth-order valence-corrected chi connectivity index (χ4v) is 1.65. The van der Waals surface area contributed by atoms with Crippen LogP contribution in [0.5, 0.6) is 0 Å². The summed E-state index contributed by atoms with van der Waals surface area (Å²) < 4.78 is 5.11. The van der Waals surface area contributed by atoms with Crippen LogP contribution in [-0.4, -0.2) is 46.5 Å². The molecule has 0 aromatic carbocycles. The molecule has 2 heterocycles. The molecular formula is C11H14N2O4. The highest BCUT2D eigenvalue weighted by Crippen LogP contribution is 2.19. The Kier molecular flexibility index (Phi) is 3.26. The third-order valence-electron chi connectivity index (χ3n) is 2.69. The van der Waals surface area contributed by atoms with Gasteiger partial charge in [-0.3, -0.25) is 0 Å². The lowest BCUT2D eigenvalue weighted by Crippen LogP contribution is -2.37. The summed E-state index contributed by atoms with van der Waals surface area (Å²) in [5.74, 6) is -0.566. The molecule has 1 aliphatic heterocycles. The molecule has 3 N–H and O–H groups in total. The minimum Gasteiger partial charge on any atom is -0.478 e.